The Morgan fingerprint density at radius 1 is 1.32 bits per heavy atom. The lowest BCUT2D eigenvalue weighted by Crippen LogP contribution is -2.63. The van der Waals surface area contributed by atoms with Gasteiger partial charge in [0.15, 0.2) is 11.3 Å². The molecule has 1 aromatic carbocycles. The summed E-state index contributed by atoms with van der Waals surface area (Å²) in [7, 11) is 3.52. The SMILES string of the molecule is COc1ccc(NC(C)(C)CC2(N)N=c3ncn(C)c3=C(N)N2)cc1. The van der Waals surface area contributed by atoms with E-state index < -0.39 is 5.79 Å². The van der Waals surface area contributed by atoms with E-state index in [2.05, 4.69) is 34.5 Å². The van der Waals surface area contributed by atoms with Gasteiger partial charge in [0.05, 0.1) is 13.4 Å². The van der Waals surface area contributed by atoms with Crippen LogP contribution in [-0.4, -0.2) is 28.0 Å². The zero-order valence-electron chi connectivity index (χ0n) is 15.0. The maximum absolute atomic E-state index is 6.47. The molecule has 0 spiro atoms. The van der Waals surface area contributed by atoms with Crippen molar-refractivity contribution in [1.29, 1.82) is 0 Å². The minimum Gasteiger partial charge on any atom is -0.497 e. The first kappa shape index (κ1) is 17.1. The Hall–Kier alpha value is -2.74. The van der Waals surface area contributed by atoms with Crippen LogP contribution in [0, 0.1) is 0 Å². The molecule has 6 N–H and O–H groups in total. The maximum atomic E-state index is 6.47. The monoisotopic (exact) mass is 343 g/mol. The summed E-state index contributed by atoms with van der Waals surface area (Å²) < 4.78 is 7.01. The van der Waals surface area contributed by atoms with Gasteiger partial charge in [-0.3, -0.25) is 5.73 Å². The molecule has 0 bridgehead atoms. The summed E-state index contributed by atoms with van der Waals surface area (Å²) in [5.41, 5.74) is 13.8. The molecule has 1 aliphatic heterocycles. The lowest BCUT2D eigenvalue weighted by atomic mass is 9.95. The van der Waals surface area contributed by atoms with Gasteiger partial charge in [-0.25, -0.2) is 9.98 Å². The standard InChI is InChI=1S/C17H25N7O/c1-16(2,21-11-5-7-12(25-4)8-6-11)9-17(19)22-14(18)13-15(23-17)20-10-24(13)3/h5-8,10,21-22H,9,18-19H2,1-4H3. The fraction of sp³-hybridized carbons (Fsp3) is 0.412. The van der Waals surface area contributed by atoms with E-state index in [1.54, 1.807) is 13.4 Å². The average Bonchev–Trinajstić information content (AvgIpc) is 2.87. The van der Waals surface area contributed by atoms with Crippen LogP contribution in [0.25, 0.3) is 5.82 Å². The third kappa shape index (κ3) is 3.53. The molecule has 0 saturated heterocycles. The van der Waals surface area contributed by atoms with Crippen LogP contribution in [0.2, 0.25) is 0 Å². The molecule has 8 heteroatoms. The van der Waals surface area contributed by atoms with E-state index in [0.29, 0.717) is 17.7 Å². The van der Waals surface area contributed by atoms with Crippen molar-refractivity contribution in [3.8, 4) is 5.75 Å². The maximum Gasteiger partial charge on any atom is 0.188 e. The molecule has 0 aliphatic carbocycles. The molecule has 1 aromatic heterocycles. The van der Waals surface area contributed by atoms with Crippen molar-refractivity contribution in [1.82, 2.24) is 14.9 Å². The molecule has 25 heavy (non-hydrogen) atoms. The minimum absolute atomic E-state index is 0.341. The van der Waals surface area contributed by atoms with Crippen LogP contribution in [0.1, 0.15) is 20.3 Å². The van der Waals surface area contributed by atoms with Crippen molar-refractivity contribution in [3.63, 3.8) is 0 Å². The molecule has 0 saturated carbocycles. The average molecular weight is 343 g/mol. The third-order valence-corrected chi connectivity index (χ3v) is 4.11. The third-order valence-electron chi connectivity index (χ3n) is 4.11. The number of benzene rings is 1. The van der Waals surface area contributed by atoms with E-state index in [1.165, 1.54) is 0 Å². The van der Waals surface area contributed by atoms with Gasteiger partial charge in [0.25, 0.3) is 0 Å². The number of ether oxygens (including phenoxy) is 1. The van der Waals surface area contributed by atoms with Crippen LogP contribution in [-0.2, 0) is 7.05 Å². The second-order valence-electron chi connectivity index (χ2n) is 7.02. The first-order valence-electron chi connectivity index (χ1n) is 8.08. The molecule has 1 unspecified atom stereocenters. The van der Waals surface area contributed by atoms with Crippen molar-refractivity contribution < 1.29 is 4.74 Å². The van der Waals surface area contributed by atoms with E-state index in [1.807, 2.05) is 35.9 Å². The number of fused-ring (bicyclic) bond motifs is 1. The number of aromatic nitrogens is 2. The predicted molar refractivity (Wildman–Crippen MR) is 97.0 cm³/mol. The summed E-state index contributed by atoms with van der Waals surface area (Å²) in [5.74, 6) is 0.259. The van der Waals surface area contributed by atoms with Gasteiger partial charge in [-0.05, 0) is 38.1 Å². The molecule has 0 radical (unpaired) electrons. The number of rotatable bonds is 5. The van der Waals surface area contributed by atoms with Crippen molar-refractivity contribution >= 4 is 11.5 Å². The molecule has 2 heterocycles. The molecule has 1 atom stereocenters. The molecule has 8 nitrogen and oxygen atoms in total. The molecule has 134 valence electrons. The van der Waals surface area contributed by atoms with Gasteiger partial charge in [0.1, 0.15) is 16.9 Å². The zero-order chi connectivity index (χ0) is 18.2. The first-order valence-corrected chi connectivity index (χ1v) is 8.08. The number of anilines is 1. The summed E-state index contributed by atoms with van der Waals surface area (Å²) in [5, 5.41) is 7.35. The van der Waals surface area contributed by atoms with Crippen LogP contribution in [0.15, 0.2) is 35.6 Å². The van der Waals surface area contributed by atoms with Crippen LogP contribution >= 0.6 is 0 Å². The van der Waals surface area contributed by atoms with E-state index in [-0.39, 0.29) is 5.54 Å². The minimum atomic E-state index is -1.03. The summed E-state index contributed by atoms with van der Waals surface area (Å²) >= 11 is 0. The van der Waals surface area contributed by atoms with Crippen LogP contribution < -0.4 is 37.7 Å². The Bertz CT molecular complexity index is 885. The van der Waals surface area contributed by atoms with Gasteiger partial charge in [0, 0.05) is 24.7 Å². The summed E-state index contributed by atoms with van der Waals surface area (Å²) in [6, 6.07) is 7.75. The number of nitrogens with zero attached hydrogens (tertiary/aromatic N) is 3. The molecule has 3 rings (SSSR count). The Morgan fingerprint density at radius 3 is 2.64 bits per heavy atom. The number of hydrogen-bond acceptors (Lipinski definition) is 7. The fourth-order valence-electron chi connectivity index (χ4n) is 3.19. The Kier molecular flexibility index (Phi) is 4.08. The van der Waals surface area contributed by atoms with Crippen LogP contribution in [0.4, 0.5) is 5.69 Å². The van der Waals surface area contributed by atoms with Crippen molar-refractivity contribution in [2.75, 3.05) is 12.4 Å². The Morgan fingerprint density at radius 2 is 2.00 bits per heavy atom. The lowest BCUT2D eigenvalue weighted by molar-refractivity contribution is 0.293. The molecular weight excluding hydrogens is 318 g/mol. The van der Waals surface area contributed by atoms with E-state index in [9.17, 15) is 0 Å². The smallest absolute Gasteiger partial charge is 0.188 e. The zero-order valence-corrected chi connectivity index (χ0v) is 15.0. The van der Waals surface area contributed by atoms with Gasteiger partial charge in [-0.1, -0.05) is 0 Å². The molecule has 0 fully saturated rings. The van der Waals surface area contributed by atoms with Crippen LogP contribution in [0.3, 0.4) is 0 Å². The number of aryl methyl sites for hydroxylation is 1. The van der Waals surface area contributed by atoms with Crippen molar-refractivity contribution in [3.05, 3.63) is 41.4 Å². The van der Waals surface area contributed by atoms with E-state index in [4.69, 9.17) is 16.2 Å². The Labute approximate surface area is 146 Å². The highest BCUT2D eigenvalue weighted by molar-refractivity contribution is 5.48. The van der Waals surface area contributed by atoms with Gasteiger partial charge in [-0.15, -0.1) is 0 Å². The van der Waals surface area contributed by atoms with Crippen LogP contribution in [0.5, 0.6) is 5.75 Å². The molecule has 1 aliphatic rings. The van der Waals surface area contributed by atoms with Gasteiger partial charge < -0.3 is 25.7 Å². The highest BCUT2D eigenvalue weighted by atomic mass is 16.5. The van der Waals surface area contributed by atoms with Gasteiger partial charge in [-0.2, -0.15) is 0 Å². The summed E-state index contributed by atoms with van der Waals surface area (Å²) in [6.45, 7) is 4.13. The number of nitrogens with two attached hydrogens (primary N) is 2. The molecule has 2 aromatic rings. The quantitative estimate of drug-likeness (QED) is 0.585. The van der Waals surface area contributed by atoms with Gasteiger partial charge >= 0.3 is 0 Å². The number of hydrogen-bond donors (Lipinski definition) is 4. The Balaban J connectivity index is 1.81. The highest BCUT2D eigenvalue weighted by Gasteiger charge is 2.35. The number of imidazole rings is 1. The fourth-order valence-corrected chi connectivity index (χ4v) is 3.19. The van der Waals surface area contributed by atoms with Crippen molar-refractivity contribution in [2.45, 2.75) is 31.6 Å². The lowest BCUT2D eigenvalue weighted by Gasteiger charge is -2.37. The largest absolute Gasteiger partial charge is 0.497 e. The molecule has 0 amide bonds. The summed E-state index contributed by atoms with van der Waals surface area (Å²) in [4.78, 5) is 8.85. The normalized spacial score (nSPS) is 19.6. The number of methoxy groups -OCH3 is 1. The van der Waals surface area contributed by atoms with Crippen molar-refractivity contribution in [2.24, 2.45) is 23.5 Å². The predicted octanol–water partition coefficient (Wildman–Crippen LogP) is -0.431. The summed E-state index contributed by atoms with van der Waals surface area (Å²) in [6.07, 6.45) is 2.18. The second-order valence-corrected chi connectivity index (χ2v) is 7.02. The van der Waals surface area contributed by atoms with E-state index >= 15 is 0 Å². The molecular formula is C17H25N7O. The van der Waals surface area contributed by atoms with E-state index in [0.717, 1.165) is 16.8 Å². The number of nitrogens with one attached hydrogen (secondary N) is 2. The second kappa shape index (κ2) is 5.96. The van der Waals surface area contributed by atoms with Gasteiger partial charge in [0.2, 0.25) is 0 Å². The topological polar surface area (TPSA) is 116 Å². The highest BCUT2D eigenvalue weighted by Crippen LogP contribution is 2.25. The first-order chi connectivity index (χ1) is 11.7.